The molecule has 17 heavy (non-hydrogen) atoms. The van der Waals surface area contributed by atoms with Gasteiger partial charge in [-0.1, -0.05) is 0 Å². The molecule has 0 fully saturated rings. The number of halogens is 1. The van der Waals surface area contributed by atoms with Crippen LogP contribution in [0, 0.1) is 5.82 Å². The molecule has 0 bridgehead atoms. The molecule has 5 heteroatoms. The van der Waals surface area contributed by atoms with Crippen LogP contribution in [0.2, 0.25) is 0 Å². The van der Waals surface area contributed by atoms with Gasteiger partial charge < -0.3 is 10.5 Å². The van der Waals surface area contributed by atoms with Crippen molar-refractivity contribution in [3.63, 3.8) is 0 Å². The minimum absolute atomic E-state index is 0.337. The number of hydrogen-bond acceptors (Lipinski definition) is 3. The third kappa shape index (κ3) is 2.62. The Bertz CT molecular complexity index is 510. The molecule has 4 nitrogen and oxygen atoms in total. The Morgan fingerprint density at radius 3 is 3.00 bits per heavy atom. The highest BCUT2D eigenvalue weighted by atomic mass is 19.1. The smallest absolute Gasteiger partial charge is 0.133 e. The second-order valence-electron chi connectivity index (χ2n) is 3.72. The summed E-state index contributed by atoms with van der Waals surface area (Å²) in [6.45, 7) is 1.22. The number of benzene rings is 1. The van der Waals surface area contributed by atoms with Gasteiger partial charge in [-0.15, -0.1) is 0 Å². The van der Waals surface area contributed by atoms with Gasteiger partial charge >= 0.3 is 0 Å². The maximum absolute atomic E-state index is 13.7. The molecule has 1 aromatic carbocycles. The molecular weight excluding hydrogens is 221 g/mol. The van der Waals surface area contributed by atoms with Gasteiger partial charge in [-0.2, -0.15) is 5.10 Å². The van der Waals surface area contributed by atoms with E-state index < -0.39 is 0 Å². The van der Waals surface area contributed by atoms with Crippen LogP contribution >= 0.6 is 0 Å². The summed E-state index contributed by atoms with van der Waals surface area (Å²) in [5.41, 5.74) is 7.15. The SMILES string of the molecule is COCCn1cc(-c2ccc(N)cc2F)cn1. The average Bonchev–Trinajstić information content (AvgIpc) is 2.75. The maximum atomic E-state index is 13.7. The van der Waals surface area contributed by atoms with Crippen molar-refractivity contribution in [3.8, 4) is 11.1 Å². The van der Waals surface area contributed by atoms with Crippen molar-refractivity contribution in [1.29, 1.82) is 0 Å². The topological polar surface area (TPSA) is 53.1 Å². The largest absolute Gasteiger partial charge is 0.399 e. The highest BCUT2D eigenvalue weighted by molar-refractivity contribution is 5.64. The van der Waals surface area contributed by atoms with Gasteiger partial charge in [-0.3, -0.25) is 4.68 Å². The van der Waals surface area contributed by atoms with Crippen LogP contribution in [0.1, 0.15) is 0 Å². The summed E-state index contributed by atoms with van der Waals surface area (Å²) in [5.74, 6) is -0.337. The minimum Gasteiger partial charge on any atom is -0.399 e. The summed E-state index contributed by atoms with van der Waals surface area (Å²) >= 11 is 0. The molecule has 0 saturated heterocycles. The summed E-state index contributed by atoms with van der Waals surface area (Å²) in [7, 11) is 1.63. The van der Waals surface area contributed by atoms with Gasteiger partial charge in [0.15, 0.2) is 0 Å². The van der Waals surface area contributed by atoms with Crippen LogP contribution in [-0.2, 0) is 11.3 Å². The van der Waals surface area contributed by atoms with Gasteiger partial charge in [0.05, 0.1) is 19.3 Å². The summed E-state index contributed by atoms with van der Waals surface area (Å²) in [4.78, 5) is 0. The molecule has 0 spiro atoms. The van der Waals surface area contributed by atoms with E-state index in [0.29, 0.717) is 24.4 Å². The second-order valence-corrected chi connectivity index (χ2v) is 3.72. The molecule has 0 atom stereocenters. The Morgan fingerprint density at radius 2 is 2.29 bits per heavy atom. The molecular formula is C12H14FN3O. The maximum Gasteiger partial charge on any atom is 0.133 e. The molecule has 0 radical (unpaired) electrons. The normalized spacial score (nSPS) is 10.7. The number of methoxy groups -OCH3 is 1. The Morgan fingerprint density at radius 1 is 1.47 bits per heavy atom. The Kier molecular flexibility index (Phi) is 3.39. The number of nitrogens with zero attached hydrogens (tertiary/aromatic N) is 2. The van der Waals surface area contributed by atoms with Gasteiger partial charge in [-0.05, 0) is 18.2 Å². The molecule has 1 aromatic heterocycles. The van der Waals surface area contributed by atoms with Crippen LogP contribution in [0.5, 0.6) is 0 Å². The third-order valence-corrected chi connectivity index (χ3v) is 2.46. The fourth-order valence-corrected chi connectivity index (χ4v) is 1.58. The average molecular weight is 235 g/mol. The van der Waals surface area contributed by atoms with E-state index in [1.54, 1.807) is 36.3 Å². The summed E-state index contributed by atoms with van der Waals surface area (Å²) in [6.07, 6.45) is 3.41. The zero-order valence-corrected chi connectivity index (χ0v) is 9.56. The fourth-order valence-electron chi connectivity index (χ4n) is 1.58. The molecule has 0 aliphatic carbocycles. The van der Waals surface area contributed by atoms with Crippen molar-refractivity contribution in [1.82, 2.24) is 9.78 Å². The van der Waals surface area contributed by atoms with Crippen LogP contribution in [0.15, 0.2) is 30.6 Å². The first kappa shape index (κ1) is 11.6. The number of aromatic nitrogens is 2. The van der Waals surface area contributed by atoms with Crippen molar-refractivity contribution >= 4 is 5.69 Å². The number of hydrogen-bond donors (Lipinski definition) is 1. The van der Waals surface area contributed by atoms with E-state index >= 15 is 0 Å². The number of anilines is 1. The van der Waals surface area contributed by atoms with Crippen LogP contribution in [0.25, 0.3) is 11.1 Å². The monoisotopic (exact) mass is 235 g/mol. The molecule has 2 aromatic rings. The Balaban J connectivity index is 2.24. The van der Waals surface area contributed by atoms with Gasteiger partial charge in [0.25, 0.3) is 0 Å². The van der Waals surface area contributed by atoms with Crippen LogP contribution in [0.3, 0.4) is 0 Å². The lowest BCUT2D eigenvalue weighted by molar-refractivity contribution is 0.183. The Labute approximate surface area is 98.8 Å². The van der Waals surface area contributed by atoms with Crippen molar-refractivity contribution in [2.45, 2.75) is 6.54 Å². The fraction of sp³-hybridized carbons (Fsp3) is 0.250. The first-order chi connectivity index (χ1) is 8.20. The van der Waals surface area contributed by atoms with Gasteiger partial charge in [-0.25, -0.2) is 4.39 Å². The first-order valence-electron chi connectivity index (χ1n) is 5.27. The molecule has 2 N–H and O–H groups in total. The lowest BCUT2D eigenvalue weighted by atomic mass is 10.1. The molecule has 2 rings (SSSR count). The first-order valence-corrected chi connectivity index (χ1v) is 5.27. The number of ether oxygens (including phenoxy) is 1. The predicted octanol–water partition coefficient (Wildman–Crippen LogP) is 1.92. The van der Waals surface area contributed by atoms with Gasteiger partial charge in [0.1, 0.15) is 5.82 Å². The van der Waals surface area contributed by atoms with Crippen molar-refractivity contribution in [2.24, 2.45) is 0 Å². The highest BCUT2D eigenvalue weighted by Gasteiger charge is 2.07. The highest BCUT2D eigenvalue weighted by Crippen LogP contribution is 2.23. The van der Waals surface area contributed by atoms with Crippen molar-refractivity contribution < 1.29 is 9.13 Å². The standard InChI is InChI=1S/C12H14FN3O/c1-17-5-4-16-8-9(7-15-16)11-3-2-10(14)6-12(11)13/h2-3,6-8H,4-5,14H2,1H3. The lowest BCUT2D eigenvalue weighted by Gasteiger charge is -2.01. The van der Waals surface area contributed by atoms with Gasteiger partial charge in [0.2, 0.25) is 0 Å². The third-order valence-electron chi connectivity index (χ3n) is 2.46. The quantitative estimate of drug-likeness (QED) is 0.824. The molecule has 0 aliphatic heterocycles. The van der Waals surface area contributed by atoms with E-state index in [2.05, 4.69) is 5.10 Å². The zero-order valence-electron chi connectivity index (χ0n) is 9.56. The van der Waals surface area contributed by atoms with E-state index in [4.69, 9.17) is 10.5 Å². The zero-order chi connectivity index (χ0) is 12.3. The predicted molar refractivity (Wildman–Crippen MR) is 63.9 cm³/mol. The number of nitrogen functional groups attached to an aromatic ring is 1. The van der Waals surface area contributed by atoms with Crippen LogP contribution in [0.4, 0.5) is 10.1 Å². The second kappa shape index (κ2) is 4.97. The lowest BCUT2D eigenvalue weighted by Crippen LogP contribution is -2.03. The van der Waals surface area contributed by atoms with E-state index in [9.17, 15) is 4.39 Å². The summed E-state index contributed by atoms with van der Waals surface area (Å²) < 4.78 is 20.3. The molecule has 90 valence electrons. The Hall–Kier alpha value is -1.88. The van der Waals surface area contributed by atoms with Crippen LogP contribution < -0.4 is 5.73 Å². The van der Waals surface area contributed by atoms with E-state index in [-0.39, 0.29) is 5.82 Å². The van der Waals surface area contributed by atoms with Crippen molar-refractivity contribution in [3.05, 3.63) is 36.4 Å². The summed E-state index contributed by atoms with van der Waals surface area (Å²) in [5, 5.41) is 4.13. The van der Waals surface area contributed by atoms with E-state index in [1.807, 2.05) is 0 Å². The molecule has 0 saturated carbocycles. The summed E-state index contributed by atoms with van der Waals surface area (Å²) in [6, 6.07) is 4.63. The van der Waals surface area contributed by atoms with E-state index in [1.165, 1.54) is 6.07 Å². The van der Waals surface area contributed by atoms with Gasteiger partial charge in [0, 0.05) is 30.1 Å². The number of nitrogens with two attached hydrogens (primary N) is 1. The van der Waals surface area contributed by atoms with E-state index in [0.717, 1.165) is 5.56 Å². The molecule has 0 aliphatic rings. The number of rotatable bonds is 4. The van der Waals surface area contributed by atoms with Crippen LogP contribution in [-0.4, -0.2) is 23.5 Å². The molecule has 0 amide bonds. The molecule has 0 unspecified atom stereocenters. The van der Waals surface area contributed by atoms with Crippen molar-refractivity contribution in [2.75, 3.05) is 19.5 Å². The minimum atomic E-state index is -0.337. The molecule has 1 heterocycles.